The van der Waals surface area contributed by atoms with Gasteiger partial charge in [-0.3, -0.25) is 0 Å². The van der Waals surface area contributed by atoms with E-state index in [-0.39, 0.29) is 30.1 Å². The zero-order chi connectivity index (χ0) is 23.2. The summed E-state index contributed by atoms with van der Waals surface area (Å²) in [5.41, 5.74) is 1.46. The van der Waals surface area contributed by atoms with Crippen molar-refractivity contribution in [1.82, 2.24) is 4.72 Å². The highest BCUT2D eigenvalue weighted by molar-refractivity contribution is 7.89. The maximum atomic E-state index is 12.7. The van der Waals surface area contributed by atoms with E-state index in [9.17, 15) is 18.3 Å². The number of hydrogen-bond donors (Lipinski definition) is 2. The van der Waals surface area contributed by atoms with Crippen molar-refractivity contribution in [2.45, 2.75) is 44.6 Å². The summed E-state index contributed by atoms with van der Waals surface area (Å²) >= 11 is 6.17. The summed E-state index contributed by atoms with van der Waals surface area (Å²) in [6.07, 6.45) is 0.0757. The highest BCUT2D eigenvalue weighted by atomic mass is 35.5. The molecule has 8 heteroatoms. The minimum Gasteiger partial charge on any atom is -0.463 e. The maximum Gasteiger partial charge on any atom is 0.334 e. The largest absolute Gasteiger partial charge is 0.463 e. The molecule has 0 aliphatic heterocycles. The molecule has 0 saturated heterocycles. The van der Waals surface area contributed by atoms with Crippen LogP contribution in [0.15, 0.2) is 59.0 Å². The molecule has 0 radical (unpaired) electrons. The van der Waals surface area contributed by atoms with E-state index < -0.39 is 21.5 Å². The molecular weight excluding hydrogens is 438 g/mol. The van der Waals surface area contributed by atoms with Gasteiger partial charge in [-0.2, -0.15) is 0 Å². The molecule has 0 saturated carbocycles. The van der Waals surface area contributed by atoms with Crippen LogP contribution in [0.25, 0.3) is 5.57 Å². The van der Waals surface area contributed by atoms with Gasteiger partial charge in [0.1, 0.15) is 0 Å². The number of benzene rings is 2. The summed E-state index contributed by atoms with van der Waals surface area (Å²) in [6, 6.07) is 13.2. The zero-order valence-corrected chi connectivity index (χ0v) is 19.7. The Hall–Kier alpha value is -2.19. The lowest BCUT2D eigenvalue weighted by molar-refractivity contribution is -0.138. The topological polar surface area (TPSA) is 92.7 Å². The second-order valence-corrected chi connectivity index (χ2v) is 10.1. The lowest BCUT2D eigenvalue weighted by Gasteiger charge is -2.20. The first-order valence-electron chi connectivity index (χ1n) is 9.90. The van der Waals surface area contributed by atoms with Crippen molar-refractivity contribution in [3.63, 3.8) is 0 Å². The Morgan fingerprint density at radius 3 is 2.26 bits per heavy atom. The standard InChI is InChI=1S/C23H28ClNO5S/c1-5-30-22(27)20(13-14-26)21(17-7-6-8-18(24)15-17)16-9-11-19(12-10-16)31(28,29)25-23(2,3)4/h6-12,15,25-26H,5,13-14H2,1-4H3. The fraction of sp³-hybridized carbons (Fsp3) is 0.348. The Balaban J connectivity index is 2.65. The minimum absolute atomic E-state index is 0.0757. The Morgan fingerprint density at radius 1 is 1.10 bits per heavy atom. The van der Waals surface area contributed by atoms with Crippen LogP contribution in [-0.2, 0) is 19.6 Å². The van der Waals surface area contributed by atoms with E-state index in [1.165, 1.54) is 12.1 Å². The molecule has 6 nitrogen and oxygen atoms in total. The zero-order valence-electron chi connectivity index (χ0n) is 18.1. The monoisotopic (exact) mass is 465 g/mol. The molecule has 0 heterocycles. The molecule has 2 aromatic rings. The van der Waals surface area contributed by atoms with Crippen molar-refractivity contribution in [2.24, 2.45) is 0 Å². The highest BCUT2D eigenvalue weighted by Crippen LogP contribution is 2.31. The van der Waals surface area contributed by atoms with Gasteiger partial charge in [0.2, 0.25) is 10.0 Å². The maximum absolute atomic E-state index is 12.7. The van der Waals surface area contributed by atoms with Gasteiger partial charge < -0.3 is 9.84 Å². The van der Waals surface area contributed by atoms with Crippen molar-refractivity contribution in [2.75, 3.05) is 13.2 Å². The van der Waals surface area contributed by atoms with E-state index in [2.05, 4.69) is 4.72 Å². The molecular formula is C23H28ClNO5S. The molecule has 0 fully saturated rings. The second kappa shape index (κ2) is 10.4. The molecule has 0 aliphatic rings. The number of halogens is 1. The van der Waals surface area contributed by atoms with Crippen LogP contribution in [0, 0.1) is 0 Å². The van der Waals surface area contributed by atoms with Gasteiger partial charge >= 0.3 is 5.97 Å². The van der Waals surface area contributed by atoms with Crippen LogP contribution in [-0.4, -0.2) is 38.2 Å². The molecule has 2 N–H and O–H groups in total. The van der Waals surface area contributed by atoms with Gasteiger partial charge in [-0.05, 0) is 68.7 Å². The smallest absolute Gasteiger partial charge is 0.334 e. The Morgan fingerprint density at radius 2 is 1.74 bits per heavy atom. The Labute approximate surface area is 188 Å². The third-order valence-corrected chi connectivity index (χ3v) is 6.20. The van der Waals surface area contributed by atoms with Crippen LogP contribution in [0.3, 0.4) is 0 Å². The number of esters is 1. The minimum atomic E-state index is -3.71. The van der Waals surface area contributed by atoms with Crippen molar-refractivity contribution in [3.8, 4) is 0 Å². The lowest BCUT2D eigenvalue weighted by atomic mass is 9.91. The number of sulfonamides is 1. The van der Waals surface area contributed by atoms with Gasteiger partial charge in [-0.1, -0.05) is 35.9 Å². The normalized spacial score (nSPS) is 13.0. The molecule has 31 heavy (non-hydrogen) atoms. The van der Waals surface area contributed by atoms with E-state index >= 15 is 0 Å². The van der Waals surface area contributed by atoms with Gasteiger partial charge in [0, 0.05) is 29.2 Å². The number of rotatable bonds is 8. The summed E-state index contributed by atoms with van der Waals surface area (Å²) in [4.78, 5) is 12.8. The van der Waals surface area contributed by atoms with Crippen LogP contribution in [0.5, 0.6) is 0 Å². The van der Waals surface area contributed by atoms with Crippen LogP contribution in [0.4, 0.5) is 0 Å². The van der Waals surface area contributed by atoms with Gasteiger partial charge in [0.25, 0.3) is 0 Å². The van der Waals surface area contributed by atoms with Crippen molar-refractivity contribution >= 4 is 33.2 Å². The highest BCUT2D eigenvalue weighted by Gasteiger charge is 2.23. The van der Waals surface area contributed by atoms with Crippen LogP contribution in [0.2, 0.25) is 5.02 Å². The van der Waals surface area contributed by atoms with Gasteiger partial charge in [0.05, 0.1) is 11.5 Å². The van der Waals surface area contributed by atoms with Crippen molar-refractivity contribution < 1.29 is 23.1 Å². The van der Waals surface area contributed by atoms with Crippen LogP contribution >= 0.6 is 11.6 Å². The van der Waals surface area contributed by atoms with Gasteiger partial charge in [-0.15, -0.1) is 0 Å². The second-order valence-electron chi connectivity index (χ2n) is 7.94. The lowest BCUT2D eigenvalue weighted by Crippen LogP contribution is -2.40. The van der Waals surface area contributed by atoms with E-state index in [0.717, 1.165) is 0 Å². The molecule has 0 aliphatic carbocycles. The number of hydrogen-bond acceptors (Lipinski definition) is 5. The summed E-state index contributed by atoms with van der Waals surface area (Å²) in [7, 11) is -3.71. The third-order valence-electron chi connectivity index (χ3n) is 4.19. The molecule has 0 atom stereocenters. The van der Waals surface area contributed by atoms with E-state index in [1.54, 1.807) is 64.1 Å². The molecule has 0 unspecified atom stereocenters. The molecule has 0 amide bonds. The third kappa shape index (κ3) is 6.90. The van der Waals surface area contributed by atoms with Crippen LogP contribution in [0.1, 0.15) is 45.2 Å². The summed E-state index contributed by atoms with van der Waals surface area (Å²) in [5, 5.41) is 10.0. The fourth-order valence-electron chi connectivity index (χ4n) is 3.08. The average Bonchev–Trinajstić information content (AvgIpc) is 2.66. The van der Waals surface area contributed by atoms with Crippen LogP contribution < -0.4 is 4.72 Å². The predicted molar refractivity (Wildman–Crippen MR) is 122 cm³/mol. The molecule has 0 aromatic heterocycles. The predicted octanol–water partition coefficient (Wildman–Crippen LogP) is 4.16. The number of carbonyl (C=O) groups is 1. The number of carbonyl (C=O) groups excluding carboxylic acids is 1. The average molecular weight is 466 g/mol. The first kappa shape index (κ1) is 25.1. The summed E-state index contributed by atoms with van der Waals surface area (Å²) in [6.45, 7) is 6.93. The Kier molecular flexibility index (Phi) is 8.42. The van der Waals surface area contributed by atoms with Crippen molar-refractivity contribution in [1.29, 1.82) is 0 Å². The summed E-state index contributed by atoms with van der Waals surface area (Å²) < 4.78 is 33.1. The number of aliphatic hydroxyl groups excluding tert-OH is 1. The first-order chi connectivity index (χ1) is 14.5. The van der Waals surface area contributed by atoms with E-state index in [1.807, 2.05) is 0 Å². The molecule has 168 valence electrons. The molecule has 0 bridgehead atoms. The first-order valence-corrected chi connectivity index (χ1v) is 11.8. The summed E-state index contributed by atoms with van der Waals surface area (Å²) in [5.74, 6) is -0.544. The fourth-order valence-corrected chi connectivity index (χ4v) is 4.69. The Bertz CT molecular complexity index is 1050. The quantitative estimate of drug-likeness (QED) is 0.451. The number of ether oxygens (including phenoxy) is 1. The van der Waals surface area contributed by atoms with Crippen molar-refractivity contribution in [3.05, 3.63) is 70.3 Å². The molecule has 2 rings (SSSR count). The van der Waals surface area contributed by atoms with E-state index in [4.69, 9.17) is 16.3 Å². The molecule has 0 spiro atoms. The van der Waals surface area contributed by atoms with E-state index in [0.29, 0.717) is 21.7 Å². The van der Waals surface area contributed by atoms with Gasteiger partial charge in [-0.25, -0.2) is 17.9 Å². The molecule has 2 aromatic carbocycles. The SMILES string of the molecule is CCOC(=O)C(CCO)=C(c1ccc(S(=O)(=O)NC(C)(C)C)cc1)c1cccc(Cl)c1. The number of aliphatic hydroxyl groups is 1. The van der Waals surface area contributed by atoms with Gasteiger partial charge in [0.15, 0.2) is 0 Å². The number of nitrogens with one attached hydrogen (secondary N) is 1.